The van der Waals surface area contributed by atoms with Gasteiger partial charge in [-0.2, -0.15) is 0 Å². The maximum atomic E-state index is 9.13. The maximum Gasteiger partial charge on any atom is 0.0544 e. The van der Waals surface area contributed by atoms with Crippen LogP contribution in [0.15, 0.2) is 0 Å². The van der Waals surface area contributed by atoms with E-state index in [4.69, 9.17) is 9.84 Å². The van der Waals surface area contributed by atoms with Crippen molar-refractivity contribution in [3.63, 3.8) is 0 Å². The molecule has 1 fully saturated rings. The molecule has 0 unspecified atom stereocenters. The molecule has 1 heterocycles. The molecule has 2 heteroatoms. The smallest absolute Gasteiger partial charge is 0.0544 e. The molecule has 0 radical (unpaired) electrons. The largest absolute Gasteiger partial charge is 0.396 e. The summed E-state index contributed by atoms with van der Waals surface area (Å²) in [7, 11) is 0. The van der Waals surface area contributed by atoms with Crippen LogP contribution in [-0.2, 0) is 4.74 Å². The summed E-state index contributed by atoms with van der Waals surface area (Å²) < 4.78 is 5.24. The number of rotatable bonds is 4. The Morgan fingerprint density at radius 3 is 2.25 bits per heavy atom. The minimum Gasteiger partial charge on any atom is -0.396 e. The van der Waals surface area contributed by atoms with Gasteiger partial charge in [0.15, 0.2) is 0 Å². The Kier molecular flexibility index (Phi) is 2.79. The van der Waals surface area contributed by atoms with Gasteiger partial charge in [-0.05, 0) is 18.3 Å². The van der Waals surface area contributed by atoms with Crippen molar-refractivity contribution in [1.82, 2.24) is 0 Å². The lowest BCUT2D eigenvalue weighted by Gasteiger charge is -2.45. The van der Waals surface area contributed by atoms with Crippen molar-refractivity contribution in [3.8, 4) is 0 Å². The highest BCUT2D eigenvalue weighted by atomic mass is 16.5. The summed E-state index contributed by atoms with van der Waals surface area (Å²) in [6.45, 7) is 8.47. The van der Waals surface area contributed by atoms with Gasteiger partial charge in [-0.3, -0.25) is 0 Å². The summed E-state index contributed by atoms with van der Waals surface area (Å²) >= 11 is 0. The molecule has 1 aliphatic rings. The van der Waals surface area contributed by atoms with Crippen molar-refractivity contribution < 1.29 is 9.84 Å². The van der Waals surface area contributed by atoms with Crippen LogP contribution in [0, 0.1) is 10.8 Å². The minimum absolute atomic E-state index is 0.0553. The van der Waals surface area contributed by atoms with Gasteiger partial charge in [-0.15, -0.1) is 0 Å². The molecule has 12 heavy (non-hydrogen) atoms. The Balaban J connectivity index is 2.47. The van der Waals surface area contributed by atoms with Gasteiger partial charge < -0.3 is 9.84 Å². The third-order valence-corrected chi connectivity index (χ3v) is 2.85. The summed E-state index contributed by atoms with van der Waals surface area (Å²) in [5.74, 6) is 0. The lowest BCUT2D eigenvalue weighted by Crippen LogP contribution is -2.45. The first-order valence-electron chi connectivity index (χ1n) is 4.72. The highest BCUT2D eigenvalue weighted by molar-refractivity contribution is 4.89. The van der Waals surface area contributed by atoms with E-state index in [1.807, 2.05) is 0 Å². The fourth-order valence-electron chi connectivity index (χ4n) is 1.89. The van der Waals surface area contributed by atoms with Gasteiger partial charge in [0, 0.05) is 12.0 Å². The molecule has 0 atom stereocenters. The highest BCUT2D eigenvalue weighted by Gasteiger charge is 2.40. The molecule has 0 spiro atoms. The van der Waals surface area contributed by atoms with E-state index in [0.717, 1.165) is 26.1 Å². The molecule has 1 rings (SSSR count). The van der Waals surface area contributed by atoms with E-state index in [2.05, 4.69) is 20.8 Å². The molecule has 0 aromatic carbocycles. The molecule has 1 aliphatic heterocycles. The van der Waals surface area contributed by atoms with Gasteiger partial charge in [-0.25, -0.2) is 0 Å². The lowest BCUT2D eigenvalue weighted by molar-refractivity contribution is -0.137. The van der Waals surface area contributed by atoms with Gasteiger partial charge in [-0.1, -0.05) is 20.8 Å². The SMILES string of the molecule is CCC1(CC(C)(C)CO)COC1. The van der Waals surface area contributed by atoms with Crippen LogP contribution >= 0.6 is 0 Å². The van der Waals surface area contributed by atoms with Crippen LogP contribution < -0.4 is 0 Å². The molecule has 72 valence electrons. The Labute approximate surface area is 74.9 Å². The third-order valence-electron chi connectivity index (χ3n) is 2.85. The number of aliphatic hydroxyl groups is 1. The van der Waals surface area contributed by atoms with Crippen LogP contribution in [0.2, 0.25) is 0 Å². The van der Waals surface area contributed by atoms with Gasteiger partial charge in [0.1, 0.15) is 0 Å². The molecule has 0 saturated carbocycles. The van der Waals surface area contributed by atoms with Crippen molar-refractivity contribution in [2.75, 3.05) is 19.8 Å². The van der Waals surface area contributed by atoms with Gasteiger partial charge in [0.05, 0.1) is 13.2 Å². The summed E-state index contributed by atoms with van der Waals surface area (Å²) in [4.78, 5) is 0. The summed E-state index contributed by atoms with van der Waals surface area (Å²) in [6, 6.07) is 0. The summed E-state index contributed by atoms with van der Waals surface area (Å²) in [6.07, 6.45) is 2.24. The number of hydrogen-bond donors (Lipinski definition) is 1. The molecule has 0 bridgehead atoms. The van der Waals surface area contributed by atoms with Gasteiger partial charge in [0.2, 0.25) is 0 Å². The number of hydrogen-bond acceptors (Lipinski definition) is 2. The van der Waals surface area contributed by atoms with Gasteiger partial charge >= 0.3 is 0 Å². The predicted octanol–water partition coefficient (Wildman–Crippen LogP) is 1.82. The zero-order valence-corrected chi connectivity index (χ0v) is 8.39. The van der Waals surface area contributed by atoms with E-state index < -0.39 is 0 Å². The molecule has 1 N–H and O–H groups in total. The third kappa shape index (κ3) is 1.99. The Bertz CT molecular complexity index is 142. The zero-order chi connectivity index (χ0) is 9.24. The van der Waals surface area contributed by atoms with Crippen LogP contribution in [0.1, 0.15) is 33.6 Å². The van der Waals surface area contributed by atoms with E-state index in [9.17, 15) is 0 Å². The van der Waals surface area contributed by atoms with Crippen molar-refractivity contribution in [2.45, 2.75) is 33.6 Å². The summed E-state index contributed by atoms with van der Waals surface area (Å²) in [5.41, 5.74) is 0.423. The fourth-order valence-corrected chi connectivity index (χ4v) is 1.89. The van der Waals surface area contributed by atoms with Crippen LogP contribution in [0.25, 0.3) is 0 Å². The van der Waals surface area contributed by atoms with Crippen molar-refractivity contribution >= 4 is 0 Å². The van der Waals surface area contributed by atoms with E-state index in [0.29, 0.717) is 5.41 Å². The first kappa shape index (κ1) is 10.0. The second-order valence-electron chi connectivity index (χ2n) is 4.85. The average Bonchev–Trinajstić information content (AvgIpc) is 1.97. The van der Waals surface area contributed by atoms with Crippen molar-refractivity contribution in [3.05, 3.63) is 0 Å². The molecule has 0 amide bonds. The van der Waals surface area contributed by atoms with Crippen LogP contribution in [0.4, 0.5) is 0 Å². The van der Waals surface area contributed by atoms with Crippen molar-refractivity contribution in [1.29, 1.82) is 0 Å². The molecule has 1 saturated heterocycles. The Morgan fingerprint density at radius 1 is 1.42 bits per heavy atom. The molecule has 0 aromatic heterocycles. The molecular formula is C10H20O2. The van der Waals surface area contributed by atoms with Crippen LogP contribution in [-0.4, -0.2) is 24.9 Å². The van der Waals surface area contributed by atoms with E-state index in [1.165, 1.54) is 0 Å². The number of ether oxygens (including phenoxy) is 1. The first-order chi connectivity index (χ1) is 5.54. The first-order valence-corrected chi connectivity index (χ1v) is 4.72. The van der Waals surface area contributed by atoms with Crippen LogP contribution in [0.5, 0.6) is 0 Å². The Hall–Kier alpha value is -0.0800. The number of aliphatic hydroxyl groups excluding tert-OH is 1. The molecule has 0 aliphatic carbocycles. The highest BCUT2D eigenvalue weighted by Crippen LogP contribution is 2.41. The van der Waals surface area contributed by atoms with E-state index in [-0.39, 0.29) is 12.0 Å². The molecular weight excluding hydrogens is 152 g/mol. The van der Waals surface area contributed by atoms with E-state index in [1.54, 1.807) is 0 Å². The average molecular weight is 172 g/mol. The lowest BCUT2D eigenvalue weighted by atomic mass is 9.70. The second-order valence-corrected chi connectivity index (χ2v) is 4.85. The van der Waals surface area contributed by atoms with E-state index >= 15 is 0 Å². The summed E-state index contributed by atoms with van der Waals surface area (Å²) in [5, 5.41) is 9.13. The minimum atomic E-state index is 0.0553. The topological polar surface area (TPSA) is 29.5 Å². The predicted molar refractivity (Wildman–Crippen MR) is 49.0 cm³/mol. The van der Waals surface area contributed by atoms with Crippen molar-refractivity contribution in [2.24, 2.45) is 10.8 Å². The quantitative estimate of drug-likeness (QED) is 0.701. The monoisotopic (exact) mass is 172 g/mol. The second kappa shape index (κ2) is 3.35. The van der Waals surface area contributed by atoms with Gasteiger partial charge in [0.25, 0.3) is 0 Å². The zero-order valence-electron chi connectivity index (χ0n) is 8.39. The Morgan fingerprint density at radius 2 is 2.00 bits per heavy atom. The normalized spacial score (nSPS) is 22.0. The molecule has 0 aromatic rings. The standard InChI is InChI=1S/C10H20O2/c1-4-10(7-12-8-10)5-9(2,3)6-11/h11H,4-8H2,1-3H3. The van der Waals surface area contributed by atoms with Crippen LogP contribution in [0.3, 0.4) is 0 Å². The fraction of sp³-hybridized carbons (Fsp3) is 1.00. The molecule has 2 nitrogen and oxygen atoms in total. The maximum absolute atomic E-state index is 9.13.